The van der Waals surface area contributed by atoms with Gasteiger partial charge >= 0.3 is 0 Å². The lowest BCUT2D eigenvalue weighted by atomic mass is 9.98. The molecule has 0 atom stereocenters. The van der Waals surface area contributed by atoms with Crippen molar-refractivity contribution in [3.05, 3.63) is 120 Å². The number of ether oxygens (including phenoxy) is 2. The van der Waals surface area contributed by atoms with Crippen molar-refractivity contribution in [2.45, 2.75) is 46.1 Å². The molecule has 0 fully saturated rings. The molecular formula is C33H32F2O2. The minimum atomic E-state index is -1.07. The Morgan fingerprint density at radius 2 is 1.11 bits per heavy atom. The third kappa shape index (κ3) is 6.85. The summed E-state index contributed by atoms with van der Waals surface area (Å²) in [5, 5.41) is 0. The minimum Gasteiger partial charge on any atom is -0.486 e. The van der Waals surface area contributed by atoms with Gasteiger partial charge in [0.1, 0.15) is 6.61 Å². The average Bonchev–Trinajstić information content (AvgIpc) is 2.94. The Morgan fingerprint density at radius 1 is 0.622 bits per heavy atom. The zero-order valence-corrected chi connectivity index (χ0v) is 21.3. The smallest absolute Gasteiger partial charge is 0.205 e. The molecular weight excluding hydrogens is 466 g/mol. The summed E-state index contributed by atoms with van der Waals surface area (Å²) >= 11 is 0. The molecule has 0 N–H and O–H groups in total. The van der Waals surface area contributed by atoms with Crippen LogP contribution in [-0.2, 0) is 13.0 Å². The molecule has 0 aliphatic heterocycles. The van der Waals surface area contributed by atoms with E-state index in [2.05, 4.69) is 55.5 Å². The van der Waals surface area contributed by atoms with Crippen LogP contribution in [-0.4, -0.2) is 0 Å². The molecule has 0 spiro atoms. The van der Waals surface area contributed by atoms with E-state index in [1.807, 2.05) is 24.3 Å². The molecule has 4 aromatic rings. The van der Waals surface area contributed by atoms with E-state index in [9.17, 15) is 8.78 Å². The summed E-state index contributed by atoms with van der Waals surface area (Å²) < 4.78 is 39.0. The maximum atomic E-state index is 14.3. The van der Waals surface area contributed by atoms with E-state index in [0.29, 0.717) is 0 Å². The summed E-state index contributed by atoms with van der Waals surface area (Å²) in [5.41, 5.74) is 6.82. The topological polar surface area (TPSA) is 18.5 Å². The van der Waals surface area contributed by atoms with Crippen molar-refractivity contribution in [1.82, 2.24) is 0 Å². The van der Waals surface area contributed by atoms with Gasteiger partial charge in [-0.1, -0.05) is 98.6 Å². The van der Waals surface area contributed by atoms with Crippen molar-refractivity contribution in [3.8, 4) is 33.8 Å². The van der Waals surface area contributed by atoms with Crippen LogP contribution in [0.4, 0.5) is 8.78 Å². The highest BCUT2D eigenvalue weighted by molar-refractivity contribution is 5.70. The van der Waals surface area contributed by atoms with Gasteiger partial charge < -0.3 is 9.47 Å². The van der Waals surface area contributed by atoms with E-state index >= 15 is 0 Å². The van der Waals surface area contributed by atoms with Crippen LogP contribution in [0.3, 0.4) is 0 Å². The van der Waals surface area contributed by atoms with Gasteiger partial charge in [-0.05, 0) is 65.3 Å². The fourth-order valence-corrected chi connectivity index (χ4v) is 4.11. The van der Waals surface area contributed by atoms with Gasteiger partial charge in [0, 0.05) is 0 Å². The maximum Gasteiger partial charge on any atom is 0.205 e. The van der Waals surface area contributed by atoms with Gasteiger partial charge in [-0.3, -0.25) is 0 Å². The van der Waals surface area contributed by atoms with E-state index in [0.717, 1.165) is 23.1 Å². The fourth-order valence-electron chi connectivity index (χ4n) is 4.11. The SMILES string of the molecule is CC=COc1ccc(OCc2ccc(-c3ccc(-c4ccc(CCCCC)cc4)cc3)cc2)c(F)c1F. The van der Waals surface area contributed by atoms with Crippen LogP contribution in [0.2, 0.25) is 0 Å². The van der Waals surface area contributed by atoms with Gasteiger partial charge in [0.25, 0.3) is 0 Å². The highest BCUT2D eigenvalue weighted by Crippen LogP contribution is 2.29. The predicted molar refractivity (Wildman–Crippen MR) is 147 cm³/mol. The Hall–Kier alpha value is -3.92. The van der Waals surface area contributed by atoms with Crippen molar-refractivity contribution < 1.29 is 18.3 Å². The first kappa shape index (κ1) is 26.2. The predicted octanol–water partition coefficient (Wildman–Crippen LogP) is 9.52. The van der Waals surface area contributed by atoms with Crippen molar-refractivity contribution >= 4 is 0 Å². The van der Waals surface area contributed by atoms with Crippen LogP contribution in [0.1, 0.15) is 44.2 Å². The number of hydrogen-bond donors (Lipinski definition) is 0. The van der Waals surface area contributed by atoms with Gasteiger partial charge in [0.2, 0.25) is 11.6 Å². The van der Waals surface area contributed by atoms with Gasteiger partial charge in [-0.15, -0.1) is 0 Å². The molecule has 0 radical (unpaired) electrons. The molecule has 0 bridgehead atoms. The molecule has 4 heteroatoms. The van der Waals surface area contributed by atoms with Crippen molar-refractivity contribution in [1.29, 1.82) is 0 Å². The summed E-state index contributed by atoms with van der Waals surface area (Å²) in [4.78, 5) is 0. The normalized spacial score (nSPS) is 11.1. The van der Waals surface area contributed by atoms with Crippen molar-refractivity contribution in [2.75, 3.05) is 0 Å². The number of benzene rings is 4. The zero-order valence-electron chi connectivity index (χ0n) is 21.3. The highest BCUT2D eigenvalue weighted by Gasteiger charge is 2.15. The summed E-state index contributed by atoms with van der Waals surface area (Å²) in [6.07, 6.45) is 7.77. The van der Waals surface area contributed by atoms with Crippen LogP contribution in [0.25, 0.3) is 22.3 Å². The van der Waals surface area contributed by atoms with E-state index in [1.165, 1.54) is 54.3 Å². The first-order chi connectivity index (χ1) is 18.1. The standard InChI is InChI=1S/C33H32F2O2/c1-3-5-6-7-24-8-12-26(13-9-24)28-16-18-29(19-17-28)27-14-10-25(11-15-27)23-37-31-21-20-30(36-22-4-2)32(34)33(31)35/h4,8-22H,3,5-7,23H2,1-2H3. The lowest BCUT2D eigenvalue weighted by Crippen LogP contribution is -2.00. The number of halogens is 2. The lowest BCUT2D eigenvalue weighted by molar-refractivity contribution is 0.281. The van der Waals surface area contributed by atoms with Gasteiger partial charge in [0.15, 0.2) is 11.5 Å². The second kappa shape index (κ2) is 12.9. The number of aryl methyl sites for hydroxylation is 1. The van der Waals surface area contributed by atoms with E-state index in [-0.39, 0.29) is 18.1 Å². The van der Waals surface area contributed by atoms with Crippen LogP contribution in [0.5, 0.6) is 11.5 Å². The van der Waals surface area contributed by atoms with E-state index in [4.69, 9.17) is 9.47 Å². The van der Waals surface area contributed by atoms with Crippen molar-refractivity contribution in [3.63, 3.8) is 0 Å². The Kier molecular flexibility index (Phi) is 9.09. The van der Waals surface area contributed by atoms with Crippen molar-refractivity contribution in [2.24, 2.45) is 0 Å². The second-order valence-corrected chi connectivity index (χ2v) is 8.99. The first-order valence-electron chi connectivity index (χ1n) is 12.8. The molecule has 0 aromatic heterocycles. The van der Waals surface area contributed by atoms with Crippen LogP contribution >= 0.6 is 0 Å². The van der Waals surface area contributed by atoms with Gasteiger partial charge in [-0.2, -0.15) is 8.78 Å². The summed E-state index contributed by atoms with van der Waals surface area (Å²) in [6.45, 7) is 4.07. The Labute approximate surface area is 218 Å². The largest absolute Gasteiger partial charge is 0.486 e. The average molecular weight is 499 g/mol. The molecule has 0 aliphatic carbocycles. The second-order valence-electron chi connectivity index (χ2n) is 8.99. The number of hydrogen-bond acceptors (Lipinski definition) is 2. The van der Waals surface area contributed by atoms with Crippen LogP contribution < -0.4 is 9.47 Å². The Morgan fingerprint density at radius 3 is 1.65 bits per heavy atom. The molecule has 0 aliphatic rings. The molecule has 4 rings (SSSR count). The van der Waals surface area contributed by atoms with E-state index in [1.54, 1.807) is 13.0 Å². The van der Waals surface area contributed by atoms with Gasteiger partial charge in [0.05, 0.1) is 6.26 Å². The van der Waals surface area contributed by atoms with Crippen LogP contribution in [0.15, 0.2) is 97.3 Å². The lowest BCUT2D eigenvalue weighted by Gasteiger charge is -2.11. The summed E-state index contributed by atoms with van der Waals surface area (Å²) in [5.74, 6) is -2.47. The molecule has 4 aromatic carbocycles. The Balaban J connectivity index is 1.36. The summed E-state index contributed by atoms with van der Waals surface area (Å²) in [6, 6.07) is 27.9. The molecule has 0 saturated heterocycles. The molecule has 0 unspecified atom stereocenters. The third-order valence-electron chi connectivity index (χ3n) is 6.27. The van der Waals surface area contributed by atoms with Crippen LogP contribution in [0, 0.1) is 11.6 Å². The van der Waals surface area contributed by atoms with E-state index < -0.39 is 11.6 Å². The fraction of sp³-hybridized carbons (Fsp3) is 0.212. The highest BCUT2D eigenvalue weighted by atomic mass is 19.2. The molecule has 190 valence electrons. The molecule has 0 amide bonds. The monoisotopic (exact) mass is 498 g/mol. The minimum absolute atomic E-state index is 0.124. The molecule has 37 heavy (non-hydrogen) atoms. The molecule has 2 nitrogen and oxygen atoms in total. The number of unbranched alkanes of at least 4 members (excludes halogenated alkanes) is 2. The number of rotatable bonds is 11. The Bertz CT molecular complexity index is 1310. The maximum absolute atomic E-state index is 14.3. The quantitative estimate of drug-likeness (QED) is 0.151. The first-order valence-corrected chi connectivity index (χ1v) is 12.8. The summed E-state index contributed by atoms with van der Waals surface area (Å²) in [7, 11) is 0. The number of allylic oxidation sites excluding steroid dienone is 1. The van der Waals surface area contributed by atoms with Gasteiger partial charge in [-0.25, -0.2) is 0 Å². The molecule has 0 saturated carbocycles. The molecule has 0 heterocycles. The third-order valence-corrected chi connectivity index (χ3v) is 6.27. The zero-order chi connectivity index (χ0) is 26.0.